The van der Waals surface area contributed by atoms with Gasteiger partial charge in [0.15, 0.2) is 0 Å². The molecule has 0 saturated carbocycles. The first-order valence-corrected chi connectivity index (χ1v) is 5.01. The summed E-state index contributed by atoms with van der Waals surface area (Å²) < 4.78 is 4.82. The lowest BCUT2D eigenvalue weighted by atomic mass is 10.0. The summed E-state index contributed by atoms with van der Waals surface area (Å²) in [6.45, 7) is 3.79. The number of phenolic OH excluding ortho intramolecular Hbond substituents is 1. The Labute approximate surface area is 94.0 Å². The van der Waals surface area contributed by atoms with Crippen molar-refractivity contribution in [3.05, 3.63) is 22.8 Å². The van der Waals surface area contributed by atoms with Gasteiger partial charge in [0.2, 0.25) is 0 Å². The molecule has 0 aliphatic heterocycles. The fourth-order valence-electron chi connectivity index (χ4n) is 1.42. The Morgan fingerprint density at radius 1 is 1.56 bits per heavy atom. The molecule has 0 radical (unpaired) electrons. The van der Waals surface area contributed by atoms with Gasteiger partial charge < -0.3 is 21.3 Å². The monoisotopic (exact) mass is 224 g/mol. The molecule has 1 rings (SSSR count). The zero-order valence-corrected chi connectivity index (χ0v) is 9.41. The average Bonchev–Trinajstić information content (AvgIpc) is 2.27. The molecule has 0 fully saturated rings. The highest BCUT2D eigenvalue weighted by atomic mass is 16.5. The van der Waals surface area contributed by atoms with Crippen molar-refractivity contribution in [3.8, 4) is 5.75 Å². The molecule has 1 aromatic rings. The molecule has 0 aromatic heterocycles. The molecular weight excluding hydrogens is 208 g/mol. The number of aromatic hydroxyl groups is 1. The van der Waals surface area contributed by atoms with Crippen LogP contribution in [-0.2, 0) is 11.3 Å². The molecule has 0 atom stereocenters. The number of nitrogens with two attached hydrogens (primary N) is 2. The van der Waals surface area contributed by atoms with E-state index in [0.29, 0.717) is 16.8 Å². The van der Waals surface area contributed by atoms with Crippen molar-refractivity contribution in [2.75, 3.05) is 12.3 Å². The van der Waals surface area contributed by atoms with Crippen molar-refractivity contribution in [2.45, 2.75) is 20.4 Å². The lowest BCUT2D eigenvalue weighted by Crippen LogP contribution is -2.10. The minimum absolute atomic E-state index is 0.106. The van der Waals surface area contributed by atoms with Crippen molar-refractivity contribution in [1.29, 1.82) is 0 Å². The van der Waals surface area contributed by atoms with Crippen molar-refractivity contribution in [1.82, 2.24) is 0 Å². The molecule has 0 bridgehead atoms. The molecule has 5 nitrogen and oxygen atoms in total. The van der Waals surface area contributed by atoms with Crippen LogP contribution in [0.25, 0.3) is 0 Å². The molecule has 16 heavy (non-hydrogen) atoms. The predicted molar refractivity (Wildman–Crippen MR) is 61.1 cm³/mol. The summed E-state index contributed by atoms with van der Waals surface area (Å²) in [5.74, 6) is -0.717. The quantitative estimate of drug-likeness (QED) is 0.523. The van der Waals surface area contributed by atoms with Gasteiger partial charge in [-0.2, -0.15) is 0 Å². The molecular formula is C11H16N2O3. The van der Waals surface area contributed by atoms with Crippen LogP contribution in [0.15, 0.2) is 6.07 Å². The molecule has 0 amide bonds. The average molecular weight is 224 g/mol. The minimum Gasteiger partial charge on any atom is -0.507 e. The van der Waals surface area contributed by atoms with Crippen LogP contribution in [0, 0.1) is 6.92 Å². The molecule has 0 spiro atoms. The Hall–Kier alpha value is -1.75. The van der Waals surface area contributed by atoms with Crippen molar-refractivity contribution < 1.29 is 14.6 Å². The number of benzene rings is 1. The topological polar surface area (TPSA) is 98.6 Å². The van der Waals surface area contributed by atoms with E-state index in [0.717, 1.165) is 0 Å². The second-order valence-corrected chi connectivity index (χ2v) is 3.40. The second-order valence-electron chi connectivity index (χ2n) is 3.40. The summed E-state index contributed by atoms with van der Waals surface area (Å²) in [5, 5.41) is 9.77. The van der Waals surface area contributed by atoms with Crippen LogP contribution >= 0.6 is 0 Å². The highest BCUT2D eigenvalue weighted by molar-refractivity contribution is 5.94. The lowest BCUT2D eigenvalue weighted by molar-refractivity contribution is 0.0523. The van der Waals surface area contributed by atoms with E-state index in [9.17, 15) is 9.90 Å². The third-order valence-electron chi connectivity index (χ3n) is 2.39. The molecule has 5 heteroatoms. The van der Waals surface area contributed by atoms with Gasteiger partial charge in [0, 0.05) is 17.8 Å². The fourth-order valence-corrected chi connectivity index (χ4v) is 1.42. The van der Waals surface area contributed by atoms with Crippen LogP contribution in [0.3, 0.4) is 0 Å². The van der Waals surface area contributed by atoms with Crippen LogP contribution in [0.1, 0.15) is 28.4 Å². The van der Waals surface area contributed by atoms with E-state index < -0.39 is 5.97 Å². The minimum atomic E-state index is -0.571. The van der Waals surface area contributed by atoms with Crippen molar-refractivity contribution >= 4 is 11.7 Å². The highest BCUT2D eigenvalue weighted by Gasteiger charge is 2.18. The Balaban J connectivity index is 3.29. The molecule has 0 heterocycles. The third kappa shape index (κ3) is 2.09. The number of hydrogen-bond donors (Lipinski definition) is 3. The van der Waals surface area contributed by atoms with Crippen molar-refractivity contribution in [3.63, 3.8) is 0 Å². The summed E-state index contributed by atoms with van der Waals surface area (Å²) >= 11 is 0. The van der Waals surface area contributed by atoms with Gasteiger partial charge in [0.25, 0.3) is 0 Å². The van der Waals surface area contributed by atoms with E-state index in [-0.39, 0.29) is 24.5 Å². The predicted octanol–water partition coefficient (Wildman–Crippen LogP) is 0.918. The number of ether oxygens (including phenoxy) is 1. The number of carbonyl (C=O) groups is 1. The van der Waals surface area contributed by atoms with E-state index in [1.807, 2.05) is 0 Å². The van der Waals surface area contributed by atoms with E-state index in [1.165, 1.54) is 6.07 Å². The van der Waals surface area contributed by atoms with Gasteiger partial charge in [0.1, 0.15) is 11.3 Å². The molecule has 0 saturated heterocycles. The van der Waals surface area contributed by atoms with Gasteiger partial charge in [-0.15, -0.1) is 0 Å². The standard InChI is InChI=1S/C11H16N2O3/c1-3-16-11(15)8-4-7(5-12)9(13)6(2)10(8)14/h4,14H,3,5,12-13H2,1-2H3. The van der Waals surface area contributed by atoms with E-state index in [1.54, 1.807) is 13.8 Å². The zero-order chi connectivity index (χ0) is 12.3. The number of phenols is 1. The normalized spacial score (nSPS) is 10.2. The van der Waals surface area contributed by atoms with Crippen molar-refractivity contribution in [2.24, 2.45) is 5.73 Å². The number of anilines is 1. The molecule has 1 aromatic carbocycles. The molecule has 0 aliphatic rings. The van der Waals surface area contributed by atoms with Gasteiger partial charge in [-0.3, -0.25) is 0 Å². The first kappa shape index (κ1) is 12.3. The van der Waals surface area contributed by atoms with Crippen LogP contribution in [0.4, 0.5) is 5.69 Å². The molecule has 0 aliphatic carbocycles. The van der Waals surface area contributed by atoms with Gasteiger partial charge in [-0.1, -0.05) is 0 Å². The number of hydrogen-bond acceptors (Lipinski definition) is 5. The number of nitrogen functional groups attached to an aromatic ring is 1. The number of carbonyl (C=O) groups excluding carboxylic acids is 1. The first-order valence-electron chi connectivity index (χ1n) is 5.01. The summed E-state index contributed by atoms with van der Waals surface area (Å²) in [7, 11) is 0. The van der Waals surface area contributed by atoms with Crippen LogP contribution in [-0.4, -0.2) is 17.7 Å². The van der Waals surface area contributed by atoms with Gasteiger partial charge in [0.05, 0.1) is 6.61 Å². The SMILES string of the molecule is CCOC(=O)c1cc(CN)c(N)c(C)c1O. The second kappa shape index (κ2) is 4.85. The Morgan fingerprint density at radius 2 is 2.19 bits per heavy atom. The van der Waals surface area contributed by atoms with E-state index >= 15 is 0 Å². The number of esters is 1. The summed E-state index contributed by atoms with van der Waals surface area (Å²) in [6.07, 6.45) is 0. The zero-order valence-electron chi connectivity index (χ0n) is 9.41. The maximum atomic E-state index is 11.5. The van der Waals surface area contributed by atoms with Crippen LogP contribution in [0.2, 0.25) is 0 Å². The molecule has 88 valence electrons. The maximum absolute atomic E-state index is 11.5. The lowest BCUT2D eigenvalue weighted by Gasteiger charge is -2.12. The van der Waals surface area contributed by atoms with Gasteiger partial charge in [-0.25, -0.2) is 4.79 Å². The largest absolute Gasteiger partial charge is 0.507 e. The van der Waals surface area contributed by atoms with E-state index in [2.05, 4.69) is 0 Å². The van der Waals surface area contributed by atoms with Gasteiger partial charge >= 0.3 is 5.97 Å². The third-order valence-corrected chi connectivity index (χ3v) is 2.39. The first-order chi connectivity index (χ1) is 7.52. The molecule has 0 unspecified atom stereocenters. The summed E-state index contributed by atoms with van der Waals surface area (Å²) in [4.78, 5) is 11.5. The Kier molecular flexibility index (Phi) is 3.73. The van der Waals surface area contributed by atoms with Gasteiger partial charge in [-0.05, 0) is 25.5 Å². The van der Waals surface area contributed by atoms with Crippen LogP contribution in [0.5, 0.6) is 5.75 Å². The summed E-state index contributed by atoms with van der Waals surface area (Å²) in [5.41, 5.74) is 12.8. The molecule has 5 N–H and O–H groups in total. The van der Waals surface area contributed by atoms with Crippen LogP contribution < -0.4 is 11.5 Å². The summed E-state index contributed by atoms with van der Waals surface area (Å²) in [6, 6.07) is 1.47. The fraction of sp³-hybridized carbons (Fsp3) is 0.364. The van der Waals surface area contributed by atoms with E-state index in [4.69, 9.17) is 16.2 Å². The maximum Gasteiger partial charge on any atom is 0.341 e. The smallest absolute Gasteiger partial charge is 0.341 e. The Bertz CT molecular complexity index is 416. The Morgan fingerprint density at radius 3 is 2.69 bits per heavy atom. The highest BCUT2D eigenvalue weighted by Crippen LogP contribution is 2.30. The number of rotatable bonds is 3.